The Labute approximate surface area is 131 Å². The zero-order valence-electron chi connectivity index (χ0n) is 12.2. The number of thiophene rings is 1. The monoisotopic (exact) mass is 307 g/mol. The van der Waals surface area contributed by atoms with Crippen LogP contribution in [0, 0.1) is 25.2 Å². The van der Waals surface area contributed by atoms with Crippen LogP contribution in [0.1, 0.15) is 21.8 Å². The Morgan fingerprint density at radius 3 is 2.73 bits per heavy atom. The number of hydrogen-bond donors (Lipinski definition) is 1. The van der Waals surface area contributed by atoms with E-state index in [0.29, 0.717) is 21.6 Å². The van der Waals surface area contributed by atoms with Gasteiger partial charge in [-0.15, -0.1) is 11.3 Å². The number of nitrogens with one attached hydrogen (secondary N) is 1. The molecule has 2 heterocycles. The second kappa shape index (κ2) is 5.58. The van der Waals surface area contributed by atoms with E-state index in [1.807, 2.05) is 44.2 Å². The zero-order chi connectivity index (χ0) is 15.7. The summed E-state index contributed by atoms with van der Waals surface area (Å²) in [6.45, 7) is 3.88. The predicted octanol–water partition coefficient (Wildman–Crippen LogP) is 3.67. The molecule has 22 heavy (non-hydrogen) atoms. The molecule has 0 amide bonds. The van der Waals surface area contributed by atoms with E-state index >= 15 is 0 Å². The number of fused-ring (bicyclic) bond motifs is 1. The Morgan fingerprint density at radius 2 is 2.05 bits per heavy atom. The molecule has 2 aromatic heterocycles. The van der Waals surface area contributed by atoms with Gasteiger partial charge >= 0.3 is 0 Å². The van der Waals surface area contributed by atoms with E-state index in [4.69, 9.17) is 0 Å². The molecule has 1 aromatic carbocycles. The number of hydrogen-bond acceptors (Lipinski definition) is 4. The van der Waals surface area contributed by atoms with Gasteiger partial charge in [0.05, 0.1) is 11.0 Å². The average molecular weight is 307 g/mol. The Bertz CT molecular complexity index is 975. The summed E-state index contributed by atoms with van der Waals surface area (Å²) < 4.78 is 0. The largest absolute Gasteiger partial charge is 0.305 e. The van der Waals surface area contributed by atoms with Crippen LogP contribution in [0.25, 0.3) is 21.9 Å². The summed E-state index contributed by atoms with van der Waals surface area (Å²) in [6, 6.07) is 11.6. The van der Waals surface area contributed by atoms with Crippen molar-refractivity contribution in [1.82, 2.24) is 9.97 Å². The van der Waals surface area contributed by atoms with Gasteiger partial charge < -0.3 is 4.98 Å². The zero-order valence-corrected chi connectivity index (χ0v) is 13.0. The Morgan fingerprint density at radius 1 is 1.32 bits per heavy atom. The molecule has 0 spiro atoms. The number of allylic oxidation sites excluding steroid dienone is 1. The van der Waals surface area contributed by atoms with Gasteiger partial charge in [-0.1, -0.05) is 30.3 Å². The maximum atomic E-state index is 12.3. The van der Waals surface area contributed by atoms with Gasteiger partial charge in [-0.05, 0) is 31.1 Å². The lowest BCUT2D eigenvalue weighted by Gasteiger charge is -2.00. The summed E-state index contributed by atoms with van der Waals surface area (Å²) >= 11 is 1.47. The van der Waals surface area contributed by atoms with E-state index in [1.165, 1.54) is 11.3 Å². The number of H-pyrrole nitrogens is 1. The van der Waals surface area contributed by atoms with Crippen molar-refractivity contribution >= 4 is 33.2 Å². The molecule has 0 bridgehead atoms. The molecule has 0 radical (unpaired) electrons. The maximum absolute atomic E-state index is 12.3. The SMILES string of the molecule is Cc1sc2nc(/C(C#N)=C/c3ccccc3)[nH]c(=O)c2c1C. The predicted molar refractivity (Wildman–Crippen MR) is 89.6 cm³/mol. The molecule has 1 N–H and O–H groups in total. The molecule has 4 nitrogen and oxygen atoms in total. The molecule has 3 aromatic rings. The molecule has 5 heteroatoms. The summed E-state index contributed by atoms with van der Waals surface area (Å²) in [4.78, 5) is 21.2. The first-order valence-corrected chi connectivity index (χ1v) is 7.59. The van der Waals surface area contributed by atoms with Crippen molar-refractivity contribution in [3.8, 4) is 6.07 Å². The fourth-order valence-electron chi connectivity index (χ4n) is 2.25. The van der Waals surface area contributed by atoms with E-state index in [9.17, 15) is 10.1 Å². The lowest BCUT2D eigenvalue weighted by Crippen LogP contribution is -2.10. The minimum Gasteiger partial charge on any atom is -0.305 e. The number of rotatable bonds is 2. The van der Waals surface area contributed by atoms with Crippen LogP contribution in [0.15, 0.2) is 35.1 Å². The van der Waals surface area contributed by atoms with Crippen LogP contribution in [0.4, 0.5) is 0 Å². The summed E-state index contributed by atoms with van der Waals surface area (Å²) in [5.41, 5.74) is 1.98. The Kier molecular flexibility index (Phi) is 3.61. The van der Waals surface area contributed by atoms with Crippen molar-refractivity contribution in [1.29, 1.82) is 5.26 Å². The molecule has 0 fully saturated rings. The minimum atomic E-state index is -0.198. The quantitative estimate of drug-likeness (QED) is 0.734. The lowest BCUT2D eigenvalue weighted by molar-refractivity contribution is 1.13. The van der Waals surface area contributed by atoms with Gasteiger partial charge in [0.2, 0.25) is 0 Å². The van der Waals surface area contributed by atoms with Gasteiger partial charge in [0.1, 0.15) is 10.9 Å². The second-order valence-electron chi connectivity index (χ2n) is 4.96. The van der Waals surface area contributed by atoms with Gasteiger partial charge in [-0.3, -0.25) is 4.79 Å². The maximum Gasteiger partial charge on any atom is 0.260 e. The normalized spacial score (nSPS) is 11.6. The third-order valence-corrected chi connectivity index (χ3v) is 4.63. The van der Waals surface area contributed by atoms with E-state index in [0.717, 1.165) is 16.0 Å². The first-order chi connectivity index (χ1) is 10.6. The fourth-order valence-corrected chi connectivity index (χ4v) is 3.28. The van der Waals surface area contributed by atoms with E-state index in [2.05, 4.69) is 16.0 Å². The smallest absolute Gasteiger partial charge is 0.260 e. The van der Waals surface area contributed by atoms with Crippen molar-refractivity contribution < 1.29 is 0 Å². The molecule has 0 saturated heterocycles. The summed E-state index contributed by atoms with van der Waals surface area (Å²) in [5.74, 6) is 0.310. The summed E-state index contributed by atoms with van der Waals surface area (Å²) in [5, 5.41) is 10.0. The summed E-state index contributed by atoms with van der Waals surface area (Å²) in [6.07, 6.45) is 1.72. The highest BCUT2D eigenvalue weighted by Gasteiger charge is 2.13. The molecule has 3 rings (SSSR count). The highest BCUT2D eigenvalue weighted by atomic mass is 32.1. The third-order valence-electron chi connectivity index (χ3n) is 3.53. The molecular formula is C17H13N3OS. The number of nitriles is 1. The van der Waals surface area contributed by atoms with Gasteiger partial charge in [-0.25, -0.2) is 4.98 Å². The first kappa shape index (κ1) is 14.2. The van der Waals surface area contributed by atoms with Crippen molar-refractivity contribution in [3.05, 3.63) is 62.5 Å². The Balaban J connectivity index is 2.19. The highest BCUT2D eigenvalue weighted by molar-refractivity contribution is 7.18. The molecule has 0 atom stereocenters. The van der Waals surface area contributed by atoms with Crippen molar-refractivity contribution in [3.63, 3.8) is 0 Å². The average Bonchev–Trinajstić information content (AvgIpc) is 2.81. The van der Waals surface area contributed by atoms with Crippen LogP contribution in [-0.2, 0) is 0 Å². The van der Waals surface area contributed by atoms with Crippen LogP contribution < -0.4 is 5.56 Å². The van der Waals surface area contributed by atoms with Gasteiger partial charge in [0.25, 0.3) is 5.56 Å². The highest BCUT2D eigenvalue weighted by Crippen LogP contribution is 2.26. The first-order valence-electron chi connectivity index (χ1n) is 6.77. The van der Waals surface area contributed by atoms with Gasteiger partial charge in [-0.2, -0.15) is 5.26 Å². The van der Waals surface area contributed by atoms with Crippen LogP contribution in [0.2, 0.25) is 0 Å². The number of aromatic amines is 1. The molecule has 0 aliphatic carbocycles. The lowest BCUT2D eigenvalue weighted by atomic mass is 10.1. The standard InChI is InChI=1S/C17H13N3OS/c1-10-11(2)22-17-14(10)16(21)19-15(20-17)13(9-18)8-12-6-4-3-5-7-12/h3-8H,1-2H3,(H,19,20,21)/b13-8+. The topological polar surface area (TPSA) is 69.5 Å². The fraction of sp³-hybridized carbons (Fsp3) is 0.118. The van der Waals surface area contributed by atoms with Crippen molar-refractivity contribution in [2.24, 2.45) is 0 Å². The molecule has 0 aliphatic rings. The molecular weight excluding hydrogens is 294 g/mol. The molecule has 0 unspecified atom stereocenters. The third kappa shape index (κ3) is 2.45. The number of nitrogens with zero attached hydrogens (tertiary/aromatic N) is 2. The number of benzene rings is 1. The summed E-state index contributed by atoms with van der Waals surface area (Å²) in [7, 11) is 0. The van der Waals surface area contributed by atoms with Crippen molar-refractivity contribution in [2.45, 2.75) is 13.8 Å². The van der Waals surface area contributed by atoms with Crippen LogP contribution in [0.5, 0.6) is 0 Å². The van der Waals surface area contributed by atoms with Crippen LogP contribution >= 0.6 is 11.3 Å². The molecule has 108 valence electrons. The van der Waals surface area contributed by atoms with Gasteiger partial charge in [0, 0.05) is 4.88 Å². The van der Waals surface area contributed by atoms with Crippen LogP contribution in [-0.4, -0.2) is 9.97 Å². The van der Waals surface area contributed by atoms with E-state index in [-0.39, 0.29) is 5.56 Å². The van der Waals surface area contributed by atoms with E-state index < -0.39 is 0 Å². The van der Waals surface area contributed by atoms with E-state index in [1.54, 1.807) is 6.08 Å². The number of aryl methyl sites for hydroxylation is 2. The Hall–Kier alpha value is -2.71. The van der Waals surface area contributed by atoms with Crippen molar-refractivity contribution in [2.75, 3.05) is 0 Å². The molecule has 0 saturated carbocycles. The minimum absolute atomic E-state index is 0.198. The second-order valence-corrected chi connectivity index (χ2v) is 6.16. The number of aromatic nitrogens is 2. The van der Waals surface area contributed by atoms with Gasteiger partial charge in [0.15, 0.2) is 5.82 Å². The molecule has 0 aliphatic heterocycles. The van der Waals surface area contributed by atoms with Crippen LogP contribution in [0.3, 0.4) is 0 Å².